The topological polar surface area (TPSA) is 79.2 Å². The molecule has 1 aromatic carbocycles. The molecule has 94 valence electrons. The molecular formula is C12H16O5. The van der Waals surface area contributed by atoms with Gasteiger partial charge in [0.25, 0.3) is 0 Å². The zero-order valence-electron chi connectivity index (χ0n) is 9.27. The van der Waals surface area contributed by atoms with Crippen molar-refractivity contribution >= 4 is 0 Å². The van der Waals surface area contributed by atoms with Crippen molar-refractivity contribution in [1.82, 2.24) is 0 Å². The molecule has 0 aromatic heterocycles. The van der Waals surface area contributed by atoms with Crippen LogP contribution in [0.2, 0.25) is 0 Å². The third kappa shape index (κ3) is 3.02. The molecule has 1 saturated heterocycles. The number of hydrogen-bond acceptors (Lipinski definition) is 5. The molecule has 4 atom stereocenters. The van der Waals surface area contributed by atoms with E-state index in [0.717, 1.165) is 5.56 Å². The minimum absolute atomic E-state index is 0.0617. The van der Waals surface area contributed by atoms with E-state index in [4.69, 9.17) is 14.6 Å². The molecule has 0 saturated carbocycles. The molecule has 0 bridgehead atoms. The van der Waals surface area contributed by atoms with E-state index < -0.39 is 24.6 Å². The minimum Gasteiger partial charge on any atom is -0.387 e. The van der Waals surface area contributed by atoms with Crippen LogP contribution < -0.4 is 0 Å². The summed E-state index contributed by atoms with van der Waals surface area (Å²) in [5, 5.41) is 28.2. The van der Waals surface area contributed by atoms with Gasteiger partial charge in [0, 0.05) is 0 Å². The first-order chi connectivity index (χ1) is 8.18. The number of rotatable bonds is 3. The number of aliphatic hydroxyl groups excluding tert-OH is 3. The van der Waals surface area contributed by atoms with E-state index in [1.807, 2.05) is 30.3 Å². The van der Waals surface area contributed by atoms with E-state index >= 15 is 0 Å². The Morgan fingerprint density at radius 1 is 1.12 bits per heavy atom. The van der Waals surface area contributed by atoms with Gasteiger partial charge in [-0.1, -0.05) is 30.3 Å². The van der Waals surface area contributed by atoms with Crippen molar-refractivity contribution in [3.8, 4) is 0 Å². The second kappa shape index (κ2) is 5.57. The lowest BCUT2D eigenvalue weighted by Gasteiger charge is -2.34. The molecule has 0 radical (unpaired) electrons. The second-order valence-corrected chi connectivity index (χ2v) is 4.04. The molecule has 5 nitrogen and oxygen atoms in total. The molecule has 0 spiro atoms. The van der Waals surface area contributed by atoms with E-state index in [1.54, 1.807) is 0 Å². The summed E-state index contributed by atoms with van der Waals surface area (Å²) < 4.78 is 10.3. The zero-order chi connectivity index (χ0) is 12.3. The normalized spacial score (nSPS) is 33.6. The average molecular weight is 240 g/mol. The predicted molar refractivity (Wildman–Crippen MR) is 59.0 cm³/mol. The van der Waals surface area contributed by atoms with Gasteiger partial charge in [-0.2, -0.15) is 0 Å². The Hall–Kier alpha value is -0.980. The maximum atomic E-state index is 9.67. The van der Waals surface area contributed by atoms with Crippen molar-refractivity contribution in [2.24, 2.45) is 0 Å². The fourth-order valence-electron chi connectivity index (χ4n) is 1.70. The predicted octanol–water partition coefficient (Wildman–Crippen LogP) is -0.358. The van der Waals surface area contributed by atoms with Crippen LogP contribution in [0.3, 0.4) is 0 Å². The van der Waals surface area contributed by atoms with E-state index in [-0.39, 0.29) is 6.61 Å². The summed E-state index contributed by atoms with van der Waals surface area (Å²) >= 11 is 0. The molecule has 0 aliphatic carbocycles. The highest BCUT2D eigenvalue weighted by molar-refractivity contribution is 5.13. The van der Waals surface area contributed by atoms with Crippen LogP contribution in [-0.4, -0.2) is 46.5 Å². The molecule has 2 rings (SSSR count). The third-order valence-electron chi connectivity index (χ3n) is 2.76. The lowest BCUT2D eigenvalue weighted by Crippen LogP contribution is -2.53. The first kappa shape index (κ1) is 12.5. The van der Waals surface area contributed by atoms with Gasteiger partial charge in [-0.25, -0.2) is 0 Å². The maximum absolute atomic E-state index is 9.67. The largest absolute Gasteiger partial charge is 0.387 e. The van der Waals surface area contributed by atoms with Gasteiger partial charge in [0.15, 0.2) is 6.29 Å². The molecular weight excluding hydrogens is 224 g/mol. The number of hydrogen-bond donors (Lipinski definition) is 3. The van der Waals surface area contributed by atoms with Gasteiger partial charge >= 0.3 is 0 Å². The summed E-state index contributed by atoms with van der Waals surface area (Å²) in [4.78, 5) is 0. The van der Waals surface area contributed by atoms with Gasteiger partial charge < -0.3 is 24.8 Å². The smallest absolute Gasteiger partial charge is 0.183 e. The summed E-state index contributed by atoms with van der Waals surface area (Å²) in [5.41, 5.74) is 0.973. The van der Waals surface area contributed by atoms with Crippen molar-refractivity contribution in [2.75, 3.05) is 6.61 Å². The molecule has 3 N–H and O–H groups in total. The van der Waals surface area contributed by atoms with E-state index in [1.165, 1.54) is 0 Å². The number of aliphatic hydroxyl groups is 3. The highest BCUT2D eigenvalue weighted by Crippen LogP contribution is 2.17. The summed E-state index contributed by atoms with van der Waals surface area (Å²) in [5.74, 6) is 0. The van der Waals surface area contributed by atoms with Gasteiger partial charge in [-0.15, -0.1) is 0 Å². The van der Waals surface area contributed by atoms with Crippen molar-refractivity contribution in [3.05, 3.63) is 35.9 Å². The average Bonchev–Trinajstić information content (AvgIpc) is 2.36. The van der Waals surface area contributed by atoms with Gasteiger partial charge in [-0.05, 0) is 5.56 Å². The van der Waals surface area contributed by atoms with Crippen LogP contribution in [0.15, 0.2) is 30.3 Å². The Bertz CT molecular complexity index is 342. The lowest BCUT2D eigenvalue weighted by atomic mass is 10.1. The standard InChI is InChI=1S/C12H16O5/c13-10-9(7-17-12(15)11(10)14)16-6-8-4-2-1-3-5-8/h1-5,9-15H,6-7H2/t9-,10+,11+,12+/m1/s1. The fraction of sp³-hybridized carbons (Fsp3) is 0.500. The molecule has 5 heteroatoms. The van der Waals surface area contributed by atoms with Gasteiger partial charge in [0.05, 0.1) is 13.2 Å². The summed E-state index contributed by atoms with van der Waals surface area (Å²) in [6.45, 7) is 0.390. The summed E-state index contributed by atoms with van der Waals surface area (Å²) in [6.07, 6.45) is -4.44. The molecule has 0 unspecified atom stereocenters. The fourth-order valence-corrected chi connectivity index (χ4v) is 1.70. The Labute approximate surface area is 99.2 Å². The Kier molecular flexibility index (Phi) is 4.09. The Morgan fingerprint density at radius 3 is 2.53 bits per heavy atom. The molecule has 1 aliphatic rings. The van der Waals surface area contributed by atoms with Crippen molar-refractivity contribution in [1.29, 1.82) is 0 Å². The minimum atomic E-state index is -1.35. The molecule has 1 aliphatic heterocycles. The summed E-state index contributed by atoms with van der Waals surface area (Å²) in [7, 11) is 0. The van der Waals surface area contributed by atoms with Crippen LogP contribution in [-0.2, 0) is 16.1 Å². The molecule has 1 heterocycles. The van der Waals surface area contributed by atoms with E-state index in [2.05, 4.69) is 0 Å². The van der Waals surface area contributed by atoms with Crippen LogP contribution in [0.5, 0.6) is 0 Å². The molecule has 1 fully saturated rings. The van der Waals surface area contributed by atoms with Gasteiger partial charge in [-0.3, -0.25) is 0 Å². The SMILES string of the molecule is O[C@@H]1[C@H](O)[C@@H](O)OC[C@H]1OCc1ccccc1. The van der Waals surface area contributed by atoms with Crippen molar-refractivity contribution in [3.63, 3.8) is 0 Å². The molecule has 1 aromatic rings. The van der Waals surface area contributed by atoms with Crippen molar-refractivity contribution < 1.29 is 24.8 Å². The molecule has 17 heavy (non-hydrogen) atoms. The number of ether oxygens (including phenoxy) is 2. The van der Waals surface area contributed by atoms with E-state index in [0.29, 0.717) is 6.61 Å². The Morgan fingerprint density at radius 2 is 1.82 bits per heavy atom. The van der Waals surface area contributed by atoms with Crippen LogP contribution in [0.25, 0.3) is 0 Å². The van der Waals surface area contributed by atoms with Crippen LogP contribution >= 0.6 is 0 Å². The van der Waals surface area contributed by atoms with E-state index in [9.17, 15) is 10.2 Å². The Balaban J connectivity index is 1.87. The maximum Gasteiger partial charge on any atom is 0.183 e. The highest BCUT2D eigenvalue weighted by Gasteiger charge is 2.38. The first-order valence-corrected chi connectivity index (χ1v) is 5.50. The quantitative estimate of drug-likeness (QED) is 0.672. The van der Waals surface area contributed by atoms with Crippen molar-refractivity contribution in [2.45, 2.75) is 31.2 Å². The summed E-state index contributed by atoms with van der Waals surface area (Å²) in [6, 6.07) is 9.50. The molecule has 0 amide bonds. The second-order valence-electron chi connectivity index (χ2n) is 4.04. The monoisotopic (exact) mass is 240 g/mol. The number of benzene rings is 1. The van der Waals surface area contributed by atoms with Gasteiger partial charge in [0.1, 0.15) is 18.3 Å². The highest BCUT2D eigenvalue weighted by atomic mass is 16.6. The zero-order valence-corrected chi connectivity index (χ0v) is 9.27. The van der Waals surface area contributed by atoms with Gasteiger partial charge in [0.2, 0.25) is 0 Å². The third-order valence-corrected chi connectivity index (χ3v) is 2.76. The van der Waals surface area contributed by atoms with Crippen LogP contribution in [0, 0.1) is 0 Å². The van der Waals surface area contributed by atoms with Crippen LogP contribution in [0.4, 0.5) is 0 Å². The van der Waals surface area contributed by atoms with Crippen LogP contribution in [0.1, 0.15) is 5.56 Å². The lowest BCUT2D eigenvalue weighted by molar-refractivity contribution is -0.261. The first-order valence-electron chi connectivity index (χ1n) is 5.50.